The summed E-state index contributed by atoms with van der Waals surface area (Å²) in [5, 5.41) is 0.285. The van der Waals surface area contributed by atoms with Crippen molar-refractivity contribution in [2.24, 2.45) is 17.8 Å². The SMILES string of the molecule is CCC(=O)[C@H]1CCCN(Cc2cnc(S(=O)(=O)CC3CC3)n2CC2CCCCC2)C1. The molecule has 3 aliphatic rings. The standard InChI is InChI=1S/C23H37N3O3S/c1-2-22(27)20-9-6-12-25(15-20)16-21-13-24-23(30(28,29)17-19-10-11-19)26(21)14-18-7-4-3-5-8-18/h13,18-20H,2-12,14-17H2,1H3/t20-/m0/s1. The molecule has 1 saturated heterocycles. The van der Waals surface area contributed by atoms with Crippen LogP contribution in [0.4, 0.5) is 0 Å². The van der Waals surface area contributed by atoms with Crippen LogP contribution < -0.4 is 0 Å². The Morgan fingerprint density at radius 2 is 1.83 bits per heavy atom. The van der Waals surface area contributed by atoms with Crippen molar-refractivity contribution >= 4 is 15.6 Å². The zero-order valence-electron chi connectivity index (χ0n) is 18.4. The number of ketones is 1. The molecule has 2 saturated carbocycles. The molecule has 2 heterocycles. The number of hydrogen-bond donors (Lipinski definition) is 0. The van der Waals surface area contributed by atoms with Crippen molar-refractivity contribution in [2.45, 2.75) is 89.4 Å². The van der Waals surface area contributed by atoms with Crippen molar-refractivity contribution in [2.75, 3.05) is 18.8 Å². The molecular formula is C23H37N3O3S. The third kappa shape index (κ3) is 5.34. The van der Waals surface area contributed by atoms with E-state index in [1.165, 1.54) is 32.1 Å². The lowest BCUT2D eigenvalue weighted by atomic mass is 9.89. The van der Waals surface area contributed by atoms with E-state index >= 15 is 0 Å². The Hall–Kier alpha value is -1.21. The van der Waals surface area contributed by atoms with Crippen LogP contribution in [0.3, 0.4) is 0 Å². The molecule has 4 rings (SSSR count). The number of piperidine rings is 1. The Balaban J connectivity index is 1.54. The average molecular weight is 436 g/mol. The number of likely N-dealkylation sites (tertiary alicyclic amines) is 1. The van der Waals surface area contributed by atoms with E-state index in [1.54, 1.807) is 6.20 Å². The van der Waals surface area contributed by atoms with E-state index in [0.29, 0.717) is 30.6 Å². The number of sulfone groups is 1. The van der Waals surface area contributed by atoms with Crippen LogP contribution in [0.15, 0.2) is 11.4 Å². The van der Waals surface area contributed by atoms with Gasteiger partial charge in [-0.1, -0.05) is 26.2 Å². The van der Waals surface area contributed by atoms with Gasteiger partial charge in [0.1, 0.15) is 5.78 Å². The molecule has 30 heavy (non-hydrogen) atoms. The van der Waals surface area contributed by atoms with Gasteiger partial charge in [0.15, 0.2) is 0 Å². The fraction of sp³-hybridized carbons (Fsp3) is 0.826. The summed E-state index contributed by atoms with van der Waals surface area (Å²) in [4.78, 5) is 19.0. The maximum atomic E-state index is 13.1. The summed E-state index contributed by atoms with van der Waals surface area (Å²) in [7, 11) is -3.35. The third-order valence-corrected chi connectivity index (χ3v) is 8.98. The molecule has 0 unspecified atom stereocenters. The number of aromatic nitrogens is 2. The molecular weight excluding hydrogens is 398 g/mol. The highest BCUT2D eigenvalue weighted by molar-refractivity contribution is 7.91. The number of rotatable bonds is 9. The lowest BCUT2D eigenvalue weighted by Gasteiger charge is -2.32. The van der Waals surface area contributed by atoms with Crippen molar-refractivity contribution < 1.29 is 13.2 Å². The van der Waals surface area contributed by atoms with Crippen LogP contribution in [0.25, 0.3) is 0 Å². The van der Waals surface area contributed by atoms with Crippen LogP contribution >= 0.6 is 0 Å². The normalized spacial score (nSPS) is 24.2. The second-order valence-corrected chi connectivity index (χ2v) is 11.7. The first-order valence-corrected chi connectivity index (χ1v) is 13.6. The highest BCUT2D eigenvalue weighted by atomic mass is 32.2. The van der Waals surface area contributed by atoms with Gasteiger partial charge in [-0.25, -0.2) is 13.4 Å². The molecule has 0 N–H and O–H groups in total. The van der Waals surface area contributed by atoms with Gasteiger partial charge in [0.05, 0.1) is 17.6 Å². The second-order valence-electron chi connectivity index (χ2n) is 9.77. The van der Waals surface area contributed by atoms with Crippen LogP contribution in [0.5, 0.6) is 0 Å². The van der Waals surface area contributed by atoms with Crippen molar-refractivity contribution in [1.82, 2.24) is 14.5 Å². The molecule has 1 aromatic heterocycles. The van der Waals surface area contributed by atoms with Crippen LogP contribution in [-0.4, -0.2) is 47.5 Å². The molecule has 0 aromatic carbocycles. The first-order chi connectivity index (χ1) is 14.5. The Kier molecular flexibility index (Phi) is 6.98. The minimum Gasteiger partial charge on any atom is -0.317 e. The molecule has 1 atom stereocenters. The number of imidazole rings is 1. The molecule has 0 spiro atoms. The smallest absolute Gasteiger partial charge is 0.227 e. The molecule has 6 nitrogen and oxygen atoms in total. The zero-order valence-corrected chi connectivity index (χ0v) is 19.2. The summed E-state index contributed by atoms with van der Waals surface area (Å²) in [6, 6.07) is 0. The summed E-state index contributed by atoms with van der Waals surface area (Å²) in [5.74, 6) is 1.57. The van der Waals surface area contributed by atoms with Gasteiger partial charge >= 0.3 is 0 Å². The molecule has 0 bridgehead atoms. The first kappa shape index (κ1) is 22.0. The molecule has 0 amide bonds. The minimum atomic E-state index is -3.35. The summed E-state index contributed by atoms with van der Waals surface area (Å²) in [5.41, 5.74) is 1.000. The number of nitrogens with zero attached hydrogens (tertiary/aromatic N) is 3. The molecule has 0 radical (unpaired) electrons. The maximum Gasteiger partial charge on any atom is 0.227 e. The van der Waals surface area contributed by atoms with Gasteiger partial charge in [0.25, 0.3) is 0 Å². The largest absolute Gasteiger partial charge is 0.317 e. The Morgan fingerprint density at radius 3 is 2.53 bits per heavy atom. The maximum absolute atomic E-state index is 13.1. The lowest BCUT2D eigenvalue weighted by Crippen LogP contribution is -2.38. The topological polar surface area (TPSA) is 72.3 Å². The fourth-order valence-electron chi connectivity index (χ4n) is 5.24. The van der Waals surface area contributed by atoms with Crippen molar-refractivity contribution in [3.05, 3.63) is 11.9 Å². The van der Waals surface area contributed by atoms with E-state index < -0.39 is 9.84 Å². The predicted octanol–water partition coefficient (Wildman–Crippen LogP) is 3.84. The highest BCUT2D eigenvalue weighted by Gasteiger charge is 2.33. The van der Waals surface area contributed by atoms with E-state index in [4.69, 9.17) is 0 Å². The van der Waals surface area contributed by atoms with E-state index in [1.807, 2.05) is 11.5 Å². The molecule has 2 aliphatic carbocycles. The molecule has 1 aliphatic heterocycles. The molecule has 7 heteroatoms. The number of Topliss-reactive ketones (excluding diaryl/α,β-unsaturated/α-hetero) is 1. The zero-order chi connectivity index (χ0) is 21.1. The Bertz CT molecular complexity index is 838. The summed E-state index contributed by atoms with van der Waals surface area (Å²) < 4.78 is 28.2. The molecule has 3 fully saturated rings. The van der Waals surface area contributed by atoms with Crippen LogP contribution in [0.1, 0.15) is 76.8 Å². The van der Waals surface area contributed by atoms with Crippen molar-refractivity contribution in [3.8, 4) is 0 Å². The van der Waals surface area contributed by atoms with E-state index in [0.717, 1.165) is 51.0 Å². The fourth-order valence-corrected chi connectivity index (χ4v) is 7.08. The second kappa shape index (κ2) is 9.51. The van der Waals surface area contributed by atoms with Gasteiger partial charge in [-0.3, -0.25) is 9.69 Å². The number of carbonyl (C=O) groups is 1. The summed E-state index contributed by atoms with van der Waals surface area (Å²) in [6.45, 7) is 5.14. The number of hydrogen-bond acceptors (Lipinski definition) is 5. The monoisotopic (exact) mass is 435 g/mol. The van der Waals surface area contributed by atoms with Gasteiger partial charge in [0, 0.05) is 32.0 Å². The number of carbonyl (C=O) groups excluding carboxylic acids is 1. The Labute approximate surface area is 181 Å². The summed E-state index contributed by atoms with van der Waals surface area (Å²) >= 11 is 0. The van der Waals surface area contributed by atoms with Crippen LogP contribution in [0.2, 0.25) is 0 Å². The van der Waals surface area contributed by atoms with Gasteiger partial charge in [-0.15, -0.1) is 0 Å². The van der Waals surface area contributed by atoms with E-state index in [2.05, 4.69) is 9.88 Å². The summed E-state index contributed by atoms with van der Waals surface area (Å²) in [6.07, 6.45) is 12.6. The van der Waals surface area contributed by atoms with Gasteiger partial charge in [-0.05, 0) is 56.9 Å². The lowest BCUT2D eigenvalue weighted by molar-refractivity contribution is -0.124. The molecule has 168 valence electrons. The Morgan fingerprint density at radius 1 is 1.07 bits per heavy atom. The van der Waals surface area contributed by atoms with Crippen LogP contribution in [0, 0.1) is 17.8 Å². The van der Waals surface area contributed by atoms with Gasteiger partial charge in [-0.2, -0.15) is 0 Å². The quantitative estimate of drug-likeness (QED) is 0.589. The minimum absolute atomic E-state index is 0.122. The van der Waals surface area contributed by atoms with Crippen molar-refractivity contribution in [3.63, 3.8) is 0 Å². The average Bonchev–Trinajstić information content (AvgIpc) is 3.46. The van der Waals surface area contributed by atoms with Gasteiger partial charge in [0.2, 0.25) is 15.0 Å². The van der Waals surface area contributed by atoms with E-state index in [9.17, 15) is 13.2 Å². The van der Waals surface area contributed by atoms with Crippen LogP contribution in [-0.2, 0) is 27.7 Å². The third-order valence-electron chi connectivity index (χ3n) is 7.19. The molecule has 1 aromatic rings. The van der Waals surface area contributed by atoms with Gasteiger partial charge < -0.3 is 4.57 Å². The predicted molar refractivity (Wildman–Crippen MR) is 117 cm³/mol. The van der Waals surface area contributed by atoms with E-state index in [-0.39, 0.29) is 16.8 Å². The highest BCUT2D eigenvalue weighted by Crippen LogP contribution is 2.33. The van der Waals surface area contributed by atoms with Crippen molar-refractivity contribution in [1.29, 1.82) is 0 Å². The first-order valence-electron chi connectivity index (χ1n) is 12.0.